The molecule has 1 aromatic heterocycles. The van der Waals surface area contributed by atoms with Gasteiger partial charge < -0.3 is 19.5 Å². The van der Waals surface area contributed by atoms with Gasteiger partial charge in [0.1, 0.15) is 18.3 Å². The average Bonchev–Trinajstić information content (AvgIpc) is 2.94. The van der Waals surface area contributed by atoms with E-state index in [-0.39, 0.29) is 6.61 Å². The fourth-order valence-electron chi connectivity index (χ4n) is 2.56. The molecule has 1 fully saturated rings. The van der Waals surface area contributed by atoms with E-state index in [1.807, 2.05) is 49.0 Å². The summed E-state index contributed by atoms with van der Waals surface area (Å²) in [6, 6.07) is 8.04. The number of rotatable bonds is 2. The van der Waals surface area contributed by atoms with E-state index in [0.29, 0.717) is 4.77 Å². The first-order chi connectivity index (χ1) is 9.99. The first-order valence-electron chi connectivity index (χ1n) is 6.82. The third-order valence-corrected chi connectivity index (χ3v) is 4.37. The third-order valence-electron chi connectivity index (χ3n) is 3.90. The van der Waals surface area contributed by atoms with Gasteiger partial charge in [0.15, 0.2) is 4.77 Å². The van der Waals surface area contributed by atoms with Gasteiger partial charge in [-0.1, -0.05) is 17.7 Å². The topological polar surface area (TPSA) is 59.6 Å². The summed E-state index contributed by atoms with van der Waals surface area (Å²) in [5, 5.41) is 19.6. The molecule has 0 saturated carbocycles. The van der Waals surface area contributed by atoms with Crippen LogP contribution < -0.4 is 0 Å². The van der Waals surface area contributed by atoms with Crippen molar-refractivity contribution in [3.05, 3.63) is 46.5 Å². The molecule has 3 atom stereocenters. The van der Waals surface area contributed by atoms with Crippen LogP contribution in [0.1, 0.15) is 17.4 Å². The molecular weight excluding hydrogens is 288 g/mol. The summed E-state index contributed by atoms with van der Waals surface area (Å²) in [4.78, 5) is 0. The van der Waals surface area contributed by atoms with Crippen LogP contribution in [0.5, 0.6) is 0 Å². The molecule has 3 rings (SSSR count). The van der Waals surface area contributed by atoms with Crippen LogP contribution >= 0.6 is 12.2 Å². The number of aromatic nitrogens is 2. The molecule has 0 radical (unpaired) electrons. The lowest BCUT2D eigenvalue weighted by Gasteiger charge is -2.14. The molecule has 2 N–H and O–H groups in total. The lowest BCUT2D eigenvalue weighted by Crippen LogP contribution is -2.26. The van der Waals surface area contributed by atoms with Gasteiger partial charge in [-0.25, -0.2) is 0 Å². The molecule has 1 aliphatic heterocycles. The number of imidazole rings is 1. The van der Waals surface area contributed by atoms with Gasteiger partial charge in [-0.05, 0) is 31.3 Å². The number of aliphatic hydroxyl groups excluding tert-OH is 2. The van der Waals surface area contributed by atoms with Crippen molar-refractivity contribution in [1.82, 2.24) is 9.13 Å². The van der Waals surface area contributed by atoms with Crippen LogP contribution in [0.15, 0.2) is 30.5 Å². The molecule has 1 aromatic carbocycles. The number of hydrogen-bond donors (Lipinski definition) is 2. The molecule has 2 aromatic rings. The number of aliphatic hydroxyl groups is 2. The molecule has 0 bridgehead atoms. The lowest BCUT2D eigenvalue weighted by molar-refractivity contribution is 0.0191. The summed E-state index contributed by atoms with van der Waals surface area (Å²) in [7, 11) is 1.84. The quantitative estimate of drug-likeness (QED) is 0.828. The van der Waals surface area contributed by atoms with Gasteiger partial charge in [0.25, 0.3) is 0 Å². The first-order valence-corrected chi connectivity index (χ1v) is 7.23. The molecular formula is C15H18N2O3S. The van der Waals surface area contributed by atoms with Crippen LogP contribution in [0.4, 0.5) is 0 Å². The molecule has 112 valence electrons. The zero-order valence-electron chi connectivity index (χ0n) is 11.9. The first kappa shape index (κ1) is 14.5. The summed E-state index contributed by atoms with van der Waals surface area (Å²) < 4.78 is 9.79. The van der Waals surface area contributed by atoms with Crippen LogP contribution in [0.2, 0.25) is 0 Å². The molecule has 0 amide bonds. The Hall–Kier alpha value is -1.47. The van der Waals surface area contributed by atoms with Crippen molar-refractivity contribution in [2.45, 2.75) is 25.2 Å². The maximum atomic E-state index is 10.0. The molecule has 0 spiro atoms. The molecule has 6 heteroatoms. The molecule has 0 aliphatic carbocycles. The maximum absolute atomic E-state index is 10.0. The zero-order valence-corrected chi connectivity index (χ0v) is 12.7. The average molecular weight is 306 g/mol. The van der Waals surface area contributed by atoms with E-state index in [4.69, 9.17) is 17.0 Å². The molecule has 1 saturated heterocycles. The largest absolute Gasteiger partial charge is 0.388 e. The summed E-state index contributed by atoms with van der Waals surface area (Å²) in [5.41, 5.74) is 2.89. The van der Waals surface area contributed by atoms with Gasteiger partial charge in [0.2, 0.25) is 0 Å². The Labute approximate surface area is 128 Å². The maximum Gasteiger partial charge on any atom is 0.184 e. The Morgan fingerprint density at radius 3 is 2.48 bits per heavy atom. The summed E-state index contributed by atoms with van der Waals surface area (Å²) in [6.07, 6.45) is -0.483. The van der Waals surface area contributed by atoms with Gasteiger partial charge in [-0.15, -0.1) is 0 Å². The normalized spacial score (nSPS) is 25.4. The van der Waals surface area contributed by atoms with Crippen molar-refractivity contribution >= 4 is 12.2 Å². The van der Waals surface area contributed by atoms with Crippen molar-refractivity contribution < 1.29 is 14.9 Å². The highest BCUT2D eigenvalue weighted by atomic mass is 32.1. The number of benzene rings is 1. The van der Waals surface area contributed by atoms with E-state index in [1.54, 1.807) is 4.57 Å². The summed E-state index contributed by atoms with van der Waals surface area (Å²) >= 11 is 5.46. The third kappa shape index (κ3) is 2.44. The predicted octanol–water partition coefficient (Wildman–Crippen LogP) is 1.65. The lowest BCUT2D eigenvalue weighted by atomic mass is 10.1. The Morgan fingerprint density at radius 2 is 1.90 bits per heavy atom. The Bertz CT molecular complexity index is 705. The van der Waals surface area contributed by atoms with Crippen molar-refractivity contribution in [2.75, 3.05) is 6.61 Å². The van der Waals surface area contributed by atoms with E-state index in [1.165, 1.54) is 5.56 Å². The number of nitrogens with zero attached hydrogens (tertiary/aromatic N) is 2. The molecule has 2 heterocycles. The zero-order chi connectivity index (χ0) is 15.1. The van der Waals surface area contributed by atoms with E-state index < -0.39 is 18.3 Å². The number of hydrogen-bond acceptors (Lipinski definition) is 4. The minimum atomic E-state index is -0.931. The van der Waals surface area contributed by atoms with Crippen molar-refractivity contribution in [3.8, 4) is 5.69 Å². The summed E-state index contributed by atoms with van der Waals surface area (Å²) in [6.45, 7) is 2.16. The van der Waals surface area contributed by atoms with Gasteiger partial charge in [-0.2, -0.15) is 0 Å². The predicted molar refractivity (Wildman–Crippen MR) is 81.0 cm³/mol. The minimum absolute atomic E-state index is 0.133. The minimum Gasteiger partial charge on any atom is -0.388 e. The van der Waals surface area contributed by atoms with Crippen LogP contribution in [0, 0.1) is 11.7 Å². The van der Waals surface area contributed by atoms with Crippen LogP contribution in [0.3, 0.4) is 0 Å². The second-order valence-corrected chi connectivity index (χ2v) is 5.78. The summed E-state index contributed by atoms with van der Waals surface area (Å²) in [5.74, 6) is 0. The number of aryl methyl sites for hydroxylation is 1. The second kappa shape index (κ2) is 5.38. The highest BCUT2D eigenvalue weighted by Crippen LogP contribution is 2.30. The van der Waals surface area contributed by atoms with Gasteiger partial charge in [0, 0.05) is 18.9 Å². The SMILES string of the molecule is Cc1ccc(-n2cc([C@H]3OC[C@@H](O)[C@H]3O)n(C)c2=S)cc1. The highest BCUT2D eigenvalue weighted by Gasteiger charge is 2.37. The van der Waals surface area contributed by atoms with Crippen molar-refractivity contribution in [2.24, 2.45) is 7.05 Å². The molecule has 5 nitrogen and oxygen atoms in total. The van der Waals surface area contributed by atoms with Crippen molar-refractivity contribution in [1.29, 1.82) is 0 Å². The smallest absolute Gasteiger partial charge is 0.184 e. The Kier molecular flexibility index (Phi) is 3.71. The van der Waals surface area contributed by atoms with E-state index >= 15 is 0 Å². The van der Waals surface area contributed by atoms with Gasteiger partial charge >= 0.3 is 0 Å². The number of ether oxygens (including phenoxy) is 1. The van der Waals surface area contributed by atoms with E-state index in [0.717, 1.165) is 11.4 Å². The molecule has 1 aliphatic rings. The van der Waals surface area contributed by atoms with Crippen molar-refractivity contribution in [3.63, 3.8) is 0 Å². The Morgan fingerprint density at radius 1 is 1.24 bits per heavy atom. The van der Waals surface area contributed by atoms with E-state index in [2.05, 4.69) is 0 Å². The van der Waals surface area contributed by atoms with Gasteiger partial charge in [0.05, 0.1) is 12.3 Å². The Balaban J connectivity index is 2.04. The van der Waals surface area contributed by atoms with Crippen LogP contribution in [-0.4, -0.2) is 38.2 Å². The second-order valence-electron chi connectivity index (χ2n) is 5.41. The standard InChI is InChI=1S/C15H18N2O3S/c1-9-3-5-10(6-4-9)17-7-11(16(2)15(17)21)14-13(19)12(18)8-20-14/h3-7,12-14,18-19H,8H2,1-2H3/t12-,13-,14-/m1/s1. The fraction of sp³-hybridized carbons (Fsp3) is 0.400. The molecule has 0 unspecified atom stereocenters. The van der Waals surface area contributed by atoms with Crippen LogP contribution in [-0.2, 0) is 11.8 Å². The molecule has 21 heavy (non-hydrogen) atoms. The van der Waals surface area contributed by atoms with Crippen LogP contribution in [0.25, 0.3) is 5.69 Å². The fourth-order valence-corrected chi connectivity index (χ4v) is 2.83. The highest BCUT2D eigenvalue weighted by molar-refractivity contribution is 7.71. The van der Waals surface area contributed by atoms with Gasteiger partial charge in [-0.3, -0.25) is 4.57 Å². The van der Waals surface area contributed by atoms with E-state index in [9.17, 15) is 10.2 Å². The monoisotopic (exact) mass is 306 g/mol.